The normalized spacial score (nSPS) is 12.8. The Kier molecular flexibility index (Phi) is 19.1. The molecule has 10 heteroatoms. The second-order valence-electron chi connectivity index (χ2n) is 35.3. The van der Waals surface area contributed by atoms with E-state index in [1.54, 1.807) is 0 Å². The van der Waals surface area contributed by atoms with Crippen LogP contribution in [0.2, 0.25) is 0 Å². The summed E-state index contributed by atoms with van der Waals surface area (Å²) in [6, 6.07) is 176. The molecule has 0 saturated heterocycles. The van der Waals surface area contributed by atoms with Gasteiger partial charge in [0.2, 0.25) is 26.9 Å². The summed E-state index contributed by atoms with van der Waals surface area (Å²) in [6.45, 7) is 5.46. The molecular formula is C122H86B4N6. The van der Waals surface area contributed by atoms with Crippen molar-refractivity contribution in [3.05, 3.63) is 496 Å². The largest absolute Gasteiger partial charge is 0.311 e. The fourth-order valence-corrected chi connectivity index (χ4v) is 22.7. The fraction of sp³-hybridized carbons (Fsp3) is 0.0164. The van der Waals surface area contributed by atoms with E-state index in [1.807, 2.05) is 0 Å². The Morgan fingerprint density at radius 2 is 0.447 bits per heavy atom. The highest BCUT2D eigenvalue weighted by Gasteiger charge is 2.48. The SMILES string of the molecule is Cc1cccc(N2c3ccccc3B3c4ccccc4-c4cccc2c43)c1.Cc1ccccc1N1c2ccccc2B2c3ccccc3-c3cccc1c32.c1ccc(N(c2ccccc2)c2ccc(N3c4ccccc4B4c5ccccc5-c5cccc3c54)cc2)cc1.c1ccc(N(c2ccccc2)c2cccc3c2N(c2ccccc2)c2cccc4c2B3c2ccccc2-4)cc1. The van der Waals surface area contributed by atoms with Crippen molar-refractivity contribution in [3.8, 4) is 44.5 Å². The third-order valence-corrected chi connectivity index (χ3v) is 28.0. The van der Waals surface area contributed by atoms with Crippen LogP contribution in [0.25, 0.3) is 44.5 Å². The van der Waals surface area contributed by atoms with Crippen LogP contribution in [0.4, 0.5) is 102 Å². The van der Waals surface area contributed by atoms with Crippen molar-refractivity contribution in [2.75, 3.05) is 29.4 Å². The molecule has 0 bridgehead atoms. The first-order valence-electron chi connectivity index (χ1n) is 46.0. The van der Waals surface area contributed by atoms with Crippen LogP contribution >= 0.6 is 0 Å². The number of hydrogen-bond donors (Lipinski definition) is 0. The molecule has 0 saturated carbocycles. The summed E-state index contributed by atoms with van der Waals surface area (Å²) in [4.78, 5) is 14.5. The molecular weight excluding hydrogens is 1590 g/mol. The fourth-order valence-electron chi connectivity index (χ4n) is 22.7. The Bertz CT molecular complexity index is 7810. The van der Waals surface area contributed by atoms with Gasteiger partial charge in [0.1, 0.15) is 0 Å². The van der Waals surface area contributed by atoms with Gasteiger partial charge in [0.15, 0.2) is 0 Å². The summed E-state index contributed by atoms with van der Waals surface area (Å²) >= 11 is 0. The van der Waals surface area contributed by atoms with E-state index >= 15 is 0 Å². The lowest BCUT2D eigenvalue weighted by molar-refractivity contribution is 1.23. The van der Waals surface area contributed by atoms with Gasteiger partial charge in [0.05, 0.1) is 11.4 Å². The number of fused-ring (bicyclic) bond motifs is 20. The maximum atomic E-state index is 2.48. The first-order valence-corrected chi connectivity index (χ1v) is 46.0. The second-order valence-corrected chi connectivity index (χ2v) is 35.3. The topological polar surface area (TPSA) is 19.4 Å². The third-order valence-electron chi connectivity index (χ3n) is 28.0. The minimum Gasteiger partial charge on any atom is -0.311 e. The quantitative estimate of drug-likeness (QED) is 0.126. The van der Waals surface area contributed by atoms with E-state index in [2.05, 4.69) is 529 Å². The van der Waals surface area contributed by atoms with Crippen molar-refractivity contribution >= 4 is 195 Å². The van der Waals surface area contributed by atoms with Crippen LogP contribution in [0.5, 0.6) is 0 Å². The molecule has 0 atom stereocenters. The van der Waals surface area contributed by atoms with Crippen molar-refractivity contribution in [1.29, 1.82) is 0 Å². The minimum absolute atomic E-state index is 0.190. The van der Waals surface area contributed by atoms with Crippen LogP contribution in [-0.2, 0) is 0 Å². The van der Waals surface area contributed by atoms with Gasteiger partial charge in [-0.05, 0) is 265 Å². The molecule has 20 aromatic rings. The lowest BCUT2D eigenvalue weighted by Gasteiger charge is -2.39. The number of hydrogen-bond acceptors (Lipinski definition) is 6. The van der Waals surface area contributed by atoms with E-state index < -0.39 is 0 Å². The number of rotatable bonds is 10. The van der Waals surface area contributed by atoms with Crippen molar-refractivity contribution in [1.82, 2.24) is 0 Å². The molecule has 0 N–H and O–H groups in total. The summed E-state index contributed by atoms with van der Waals surface area (Å²) in [5.74, 6) is 0. The molecule has 0 aliphatic carbocycles. The Morgan fingerprint density at radius 3 is 0.864 bits per heavy atom. The van der Waals surface area contributed by atoms with Crippen molar-refractivity contribution in [2.24, 2.45) is 0 Å². The van der Waals surface area contributed by atoms with Crippen molar-refractivity contribution < 1.29 is 0 Å². The predicted molar refractivity (Wildman–Crippen MR) is 564 cm³/mol. The molecule has 0 spiro atoms. The number of nitrogens with zero attached hydrogens (tertiary/aromatic N) is 6. The maximum absolute atomic E-state index is 2.48. The average molecular weight is 1680 g/mol. The van der Waals surface area contributed by atoms with Gasteiger partial charge in [-0.2, -0.15) is 0 Å². The van der Waals surface area contributed by atoms with Gasteiger partial charge in [-0.1, -0.05) is 356 Å². The number of para-hydroxylation sites is 10. The van der Waals surface area contributed by atoms with Gasteiger partial charge in [0, 0.05) is 91.0 Å². The molecule has 0 amide bonds. The molecule has 6 nitrogen and oxygen atoms in total. The number of aryl methyl sites for hydroxylation is 2. The Hall–Kier alpha value is -16.5. The molecule has 8 aliphatic heterocycles. The van der Waals surface area contributed by atoms with Gasteiger partial charge in [-0.15, -0.1) is 0 Å². The third kappa shape index (κ3) is 12.6. The summed E-state index contributed by atoms with van der Waals surface area (Å²) in [5, 5.41) is 0. The van der Waals surface area contributed by atoms with Gasteiger partial charge >= 0.3 is 0 Å². The zero-order valence-corrected chi connectivity index (χ0v) is 73.2. The molecule has 20 aromatic carbocycles. The van der Waals surface area contributed by atoms with E-state index in [1.165, 1.54) is 178 Å². The molecule has 28 rings (SSSR count). The van der Waals surface area contributed by atoms with Crippen LogP contribution in [0.1, 0.15) is 11.1 Å². The highest BCUT2D eigenvalue weighted by Crippen LogP contribution is 2.51. The van der Waals surface area contributed by atoms with Gasteiger partial charge in [-0.25, -0.2) is 0 Å². The number of benzene rings is 20. The van der Waals surface area contributed by atoms with Crippen LogP contribution in [-0.4, -0.2) is 26.9 Å². The van der Waals surface area contributed by atoms with Crippen molar-refractivity contribution in [3.63, 3.8) is 0 Å². The number of anilines is 18. The summed E-state index contributed by atoms with van der Waals surface area (Å²) in [5.41, 5.74) is 52.1. The van der Waals surface area contributed by atoms with Crippen LogP contribution in [0.15, 0.2) is 485 Å². The minimum atomic E-state index is 0.190. The van der Waals surface area contributed by atoms with Gasteiger partial charge < -0.3 is 29.4 Å². The summed E-state index contributed by atoms with van der Waals surface area (Å²) < 4.78 is 0. The van der Waals surface area contributed by atoms with E-state index in [4.69, 9.17) is 0 Å². The lowest BCUT2D eigenvalue weighted by atomic mass is 9.37. The van der Waals surface area contributed by atoms with Crippen LogP contribution < -0.4 is 95.0 Å². The van der Waals surface area contributed by atoms with Gasteiger partial charge in [-0.3, -0.25) is 0 Å². The molecule has 616 valence electrons. The van der Waals surface area contributed by atoms with E-state index in [-0.39, 0.29) is 13.4 Å². The van der Waals surface area contributed by atoms with E-state index in [9.17, 15) is 0 Å². The molecule has 8 heterocycles. The standard InChI is InChI=1S/2C36H25BN2.2C25H18BN/c1-4-14-26(15-5-1)38(27-16-6-2-7-17-27)34-25-13-23-32-36(34)39(28-18-8-3-9-19-28)33-24-12-21-30-29-20-10-11-22-31(29)37(32)35(30)33;1-3-12-26(13-4-1)38(27-14-5-2-6-15-27)28-22-24-29(25-23-28)39-34-20-10-9-19-33(34)37-32-18-8-7-16-30(32)31-17-11-21-35(39)36(31)37;1-17-9-2-6-14-22(17)27-23-15-7-5-13-21(23)26-20-12-4-3-10-18(20)19-11-8-16-24(27)25(19)26;1-17-8-6-9-18(16-17)27-23-14-5-4-13-22(23)26-21-12-3-2-10-19(21)20-11-7-15-24(27)25(20)26/h2*1-25H;2*2-16H,1H3. The summed E-state index contributed by atoms with van der Waals surface area (Å²) in [6.07, 6.45) is 0. The van der Waals surface area contributed by atoms with Gasteiger partial charge in [0.25, 0.3) is 0 Å². The predicted octanol–water partition coefficient (Wildman–Crippen LogP) is 23.4. The maximum Gasteiger partial charge on any atom is 0.248 e. The molecule has 0 fully saturated rings. The van der Waals surface area contributed by atoms with Crippen LogP contribution in [0.3, 0.4) is 0 Å². The lowest BCUT2D eigenvalue weighted by Crippen LogP contribution is -2.55. The first-order chi connectivity index (χ1) is 65.5. The Balaban J connectivity index is 0.0000000959. The highest BCUT2D eigenvalue weighted by molar-refractivity contribution is 7.03. The molecule has 0 radical (unpaired) electrons. The van der Waals surface area contributed by atoms with Crippen LogP contribution in [0, 0.1) is 13.8 Å². The monoisotopic (exact) mass is 1680 g/mol. The zero-order chi connectivity index (χ0) is 87.4. The highest BCUT2D eigenvalue weighted by atomic mass is 15.2. The zero-order valence-electron chi connectivity index (χ0n) is 73.2. The van der Waals surface area contributed by atoms with Crippen molar-refractivity contribution in [2.45, 2.75) is 13.8 Å². The first kappa shape index (κ1) is 77.8. The second kappa shape index (κ2) is 32.3. The Labute approximate surface area is 773 Å². The smallest absolute Gasteiger partial charge is 0.248 e. The van der Waals surface area contributed by atoms with E-state index in [0.29, 0.717) is 13.4 Å². The molecule has 132 heavy (non-hydrogen) atoms. The Morgan fingerprint density at radius 1 is 0.174 bits per heavy atom. The summed E-state index contributed by atoms with van der Waals surface area (Å²) in [7, 11) is 0. The van der Waals surface area contributed by atoms with E-state index in [0.717, 1.165) is 45.5 Å². The molecule has 0 aromatic heterocycles. The average Bonchev–Trinajstić information content (AvgIpc) is 1.51. The molecule has 8 aliphatic rings. The molecule has 0 unspecified atom stereocenters.